The van der Waals surface area contributed by atoms with E-state index in [1.165, 1.54) is 17.0 Å². The first kappa shape index (κ1) is 23.6. The fraction of sp³-hybridized carbons (Fsp3) is 0.458. The minimum absolute atomic E-state index is 0.0783. The molecule has 1 atom stereocenters. The zero-order valence-corrected chi connectivity index (χ0v) is 19.9. The number of carbonyl (C=O) groups is 1. The molecule has 1 amide bonds. The number of aromatic nitrogens is 5. The number of nitrogens with zero attached hydrogens (tertiary/aromatic N) is 6. The standard InChI is InChI=1S/C24H29FN6O3/c1-5-6-7-18-11-30(29-28-18)12-20-13-31(24(32)34-20)19-8-9-23(21(25)10-19)33-14-22-17(4)26-15(2)16(3)27-22/h8-11,20H,5-7,12-14H2,1-4H3/t20-/m0/s1. The largest absolute Gasteiger partial charge is 0.484 e. The van der Waals surface area contributed by atoms with Crippen LogP contribution in [0.5, 0.6) is 5.75 Å². The smallest absolute Gasteiger partial charge is 0.414 e. The van der Waals surface area contributed by atoms with E-state index in [2.05, 4.69) is 27.2 Å². The summed E-state index contributed by atoms with van der Waals surface area (Å²) in [4.78, 5) is 22.7. The van der Waals surface area contributed by atoms with E-state index in [1.807, 2.05) is 27.0 Å². The molecule has 2 aromatic heterocycles. The number of cyclic esters (lactones) is 1. The maximum atomic E-state index is 14.8. The molecule has 4 rings (SSSR count). The molecule has 0 unspecified atom stereocenters. The van der Waals surface area contributed by atoms with Gasteiger partial charge in [0.15, 0.2) is 11.6 Å². The number of halogens is 1. The third-order valence-corrected chi connectivity index (χ3v) is 5.81. The number of anilines is 1. The van der Waals surface area contributed by atoms with E-state index in [0.29, 0.717) is 24.5 Å². The molecule has 9 nitrogen and oxygen atoms in total. The van der Waals surface area contributed by atoms with Crippen LogP contribution < -0.4 is 9.64 Å². The van der Waals surface area contributed by atoms with Crippen LogP contribution in [0, 0.1) is 26.6 Å². The lowest BCUT2D eigenvalue weighted by atomic mass is 10.2. The van der Waals surface area contributed by atoms with Crippen molar-refractivity contribution in [2.45, 2.75) is 66.2 Å². The Morgan fingerprint density at radius 3 is 2.74 bits per heavy atom. The zero-order valence-electron chi connectivity index (χ0n) is 19.9. The predicted octanol–water partition coefficient (Wildman–Crippen LogP) is 4.08. The third-order valence-electron chi connectivity index (χ3n) is 5.81. The Bertz CT molecular complexity index is 1180. The Morgan fingerprint density at radius 1 is 1.18 bits per heavy atom. The number of hydrogen-bond acceptors (Lipinski definition) is 7. The monoisotopic (exact) mass is 468 g/mol. The molecule has 1 saturated heterocycles. The van der Waals surface area contributed by atoms with Crippen molar-refractivity contribution in [2.75, 3.05) is 11.4 Å². The molecule has 1 aliphatic rings. The van der Waals surface area contributed by atoms with E-state index in [1.54, 1.807) is 10.7 Å². The first-order valence-corrected chi connectivity index (χ1v) is 11.4. The van der Waals surface area contributed by atoms with Gasteiger partial charge in [-0.15, -0.1) is 5.10 Å². The topological polar surface area (TPSA) is 95.3 Å². The molecule has 180 valence electrons. The lowest BCUT2D eigenvalue weighted by Crippen LogP contribution is -2.26. The number of carbonyl (C=O) groups excluding carboxylic acids is 1. The highest BCUT2D eigenvalue weighted by molar-refractivity contribution is 5.89. The number of unbranched alkanes of at least 4 members (excludes halogenated alkanes) is 1. The van der Waals surface area contributed by atoms with Gasteiger partial charge in [-0.2, -0.15) is 0 Å². The summed E-state index contributed by atoms with van der Waals surface area (Å²) in [5.74, 6) is -0.491. The van der Waals surface area contributed by atoms with E-state index in [9.17, 15) is 9.18 Å². The molecule has 0 spiro atoms. The van der Waals surface area contributed by atoms with Crippen LogP contribution in [-0.2, 0) is 24.3 Å². The van der Waals surface area contributed by atoms with Gasteiger partial charge in [0, 0.05) is 12.3 Å². The van der Waals surface area contributed by atoms with Gasteiger partial charge in [-0.1, -0.05) is 18.6 Å². The molecule has 0 N–H and O–H groups in total. The quantitative estimate of drug-likeness (QED) is 0.467. The van der Waals surface area contributed by atoms with E-state index >= 15 is 0 Å². The number of ether oxygens (including phenoxy) is 2. The first-order chi connectivity index (χ1) is 16.3. The van der Waals surface area contributed by atoms with Crippen molar-refractivity contribution < 1.29 is 18.7 Å². The van der Waals surface area contributed by atoms with Crippen LogP contribution >= 0.6 is 0 Å². The van der Waals surface area contributed by atoms with Crippen LogP contribution in [0.4, 0.5) is 14.9 Å². The molecule has 1 aromatic carbocycles. The van der Waals surface area contributed by atoms with E-state index < -0.39 is 18.0 Å². The molecule has 1 fully saturated rings. The summed E-state index contributed by atoms with van der Waals surface area (Å²) in [6.07, 6.45) is 3.95. The zero-order chi connectivity index (χ0) is 24.2. The molecule has 0 saturated carbocycles. The maximum Gasteiger partial charge on any atom is 0.414 e. The summed E-state index contributed by atoms with van der Waals surface area (Å²) in [7, 11) is 0. The second-order valence-electron chi connectivity index (χ2n) is 8.48. The molecular weight excluding hydrogens is 439 g/mol. The normalized spacial score (nSPS) is 15.6. The summed E-state index contributed by atoms with van der Waals surface area (Å²) in [5.41, 5.74) is 4.39. The van der Waals surface area contributed by atoms with Crippen molar-refractivity contribution in [2.24, 2.45) is 0 Å². The maximum absolute atomic E-state index is 14.8. The first-order valence-electron chi connectivity index (χ1n) is 11.4. The number of benzene rings is 1. The Morgan fingerprint density at radius 2 is 1.97 bits per heavy atom. The van der Waals surface area contributed by atoms with Crippen LogP contribution in [0.3, 0.4) is 0 Å². The van der Waals surface area contributed by atoms with Gasteiger partial charge < -0.3 is 9.47 Å². The number of rotatable bonds is 9. The summed E-state index contributed by atoms with van der Waals surface area (Å²) in [6.45, 7) is 8.52. The van der Waals surface area contributed by atoms with Crippen LogP contribution in [0.1, 0.15) is 48.2 Å². The van der Waals surface area contributed by atoms with Crippen molar-refractivity contribution in [1.82, 2.24) is 25.0 Å². The van der Waals surface area contributed by atoms with Crippen molar-refractivity contribution in [1.29, 1.82) is 0 Å². The Kier molecular flexibility index (Phi) is 7.04. The highest BCUT2D eigenvalue weighted by Crippen LogP contribution is 2.28. The molecule has 34 heavy (non-hydrogen) atoms. The lowest BCUT2D eigenvalue weighted by Gasteiger charge is -2.15. The minimum atomic E-state index is -0.569. The average molecular weight is 469 g/mol. The molecule has 0 radical (unpaired) electrons. The molecule has 0 aliphatic carbocycles. The van der Waals surface area contributed by atoms with Gasteiger partial charge in [-0.3, -0.25) is 14.9 Å². The molecule has 1 aliphatic heterocycles. The Balaban J connectivity index is 1.38. The second kappa shape index (κ2) is 10.1. The highest BCUT2D eigenvalue weighted by Gasteiger charge is 2.33. The minimum Gasteiger partial charge on any atom is -0.484 e. The number of hydrogen-bond donors (Lipinski definition) is 0. The molecule has 3 aromatic rings. The summed E-state index contributed by atoms with van der Waals surface area (Å²) < 4.78 is 27.6. The van der Waals surface area contributed by atoms with E-state index in [4.69, 9.17) is 9.47 Å². The van der Waals surface area contributed by atoms with Crippen LogP contribution in [0.25, 0.3) is 0 Å². The lowest BCUT2D eigenvalue weighted by molar-refractivity contribution is 0.129. The molecular formula is C24H29FN6O3. The Labute approximate surface area is 197 Å². The highest BCUT2D eigenvalue weighted by atomic mass is 19.1. The fourth-order valence-electron chi connectivity index (χ4n) is 3.76. The van der Waals surface area contributed by atoms with Gasteiger partial charge in [0.05, 0.1) is 47.2 Å². The number of aryl methyl sites for hydroxylation is 4. The van der Waals surface area contributed by atoms with Gasteiger partial charge in [0.2, 0.25) is 0 Å². The van der Waals surface area contributed by atoms with Crippen molar-refractivity contribution >= 4 is 11.8 Å². The fourth-order valence-corrected chi connectivity index (χ4v) is 3.76. The van der Waals surface area contributed by atoms with Crippen molar-refractivity contribution in [3.05, 3.63) is 58.7 Å². The summed E-state index contributed by atoms with van der Waals surface area (Å²) in [5, 5.41) is 8.27. The van der Waals surface area contributed by atoms with Gasteiger partial charge >= 0.3 is 6.09 Å². The van der Waals surface area contributed by atoms with Gasteiger partial charge in [0.25, 0.3) is 0 Å². The van der Waals surface area contributed by atoms with Crippen LogP contribution in [-0.4, -0.2) is 43.7 Å². The van der Waals surface area contributed by atoms with E-state index in [0.717, 1.165) is 42.0 Å². The van der Waals surface area contributed by atoms with Gasteiger partial charge in [-0.25, -0.2) is 13.9 Å². The SMILES string of the molecule is CCCCc1cn(C[C@H]2CN(c3ccc(OCc4nc(C)c(C)nc4C)c(F)c3)C(=O)O2)nn1. The molecule has 10 heteroatoms. The van der Waals surface area contributed by atoms with Crippen LogP contribution in [0.15, 0.2) is 24.4 Å². The van der Waals surface area contributed by atoms with Crippen molar-refractivity contribution in [3.63, 3.8) is 0 Å². The van der Waals surface area contributed by atoms with Gasteiger partial charge in [0.1, 0.15) is 12.7 Å². The molecule has 0 bridgehead atoms. The summed E-state index contributed by atoms with van der Waals surface area (Å²) in [6, 6.07) is 4.42. The second-order valence-corrected chi connectivity index (χ2v) is 8.48. The molecule has 3 heterocycles. The number of amides is 1. The van der Waals surface area contributed by atoms with E-state index in [-0.39, 0.29) is 12.4 Å². The van der Waals surface area contributed by atoms with Gasteiger partial charge in [-0.05, 0) is 45.7 Å². The Hall–Kier alpha value is -3.56. The van der Waals surface area contributed by atoms with Crippen molar-refractivity contribution in [3.8, 4) is 5.75 Å². The average Bonchev–Trinajstić information content (AvgIpc) is 3.40. The predicted molar refractivity (Wildman–Crippen MR) is 123 cm³/mol. The third kappa shape index (κ3) is 5.32. The van der Waals surface area contributed by atoms with Crippen LogP contribution in [0.2, 0.25) is 0 Å². The summed E-state index contributed by atoms with van der Waals surface area (Å²) >= 11 is 0.